The summed E-state index contributed by atoms with van der Waals surface area (Å²) in [5.74, 6) is -2.09. The van der Waals surface area contributed by atoms with Gasteiger partial charge in [0.25, 0.3) is 15.9 Å². The Kier molecular flexibility index (Phi) is 6.48. The van der Waals surface area contributed by atoms with Crippen molar-refractivity contribution in [1.82, 2.24) is 0 Å². The Bertz CT molecular complexity index is 1330. The van der Waals surface area contributed by atoms with Crippen LogP contribution in [-0.4, -0.2) is 38.2 Å². The molecular weight excluding hydrogens is 490 g/mol. The SMILES string of the molecule is C[C@@H](O)[C@H]1CN(S(=O)(=O)c2ccc(F)cc2)c2cc(NC(=O)c3c(F)cccc3Cl)ccc2O1. The van der Waals surface area contributed by atoms with Crippen molar-refractivity contribution < 1.29 is 31.8 Å². The van der Waals surface area contributed by atoms with Gasteiger partial charge in [0.05, 0.1) is 33.8 Å². The van der Waals surface area contributed by atoms with Gasteiger partial charge in [-0.05, 0) is 61.5 Å². The Balaban J connectivity index is 1.74. The summed E-state index contributed by atoms with van der Waals surface area (Å²) in [5.41, 5.74) is -0.122. The Morgan fingerprint density at radius 3 is 2.53 bits per heavy atom. The molecule has 0 fully saturated rings. The fourth-order valence-electron chi connectivity index (χ4n) is 3.47. The summed E-state index contributed by atoms with van der Waals surface area (Å²) in [7, 11) is -4.19. The van der Waals surface area contributed by atoms with Gasteiger partial charge in [0.15, 0.2) is 0 Å². The van der Waals surface area contributed by atoms with Crippen molar-refractivity contribution in [2.75, 3.05) is 16.2 Å². The number of anilines is 2. The average molecular weight is 509 g/mol. The summed E-state index contributed by atoms with van der Waals surface area (Å²) in [4.78, 5) is 12.5. The first-order valence-corrected chi connectivity index (χ1v) is 11.9. The van der Waals surface area contributed by atoms with Crippen molar-refractivity contribution in [3.8, 4) is 5.75 Å². The normalized spacial score (nSPS) is 16.4. The third-order valence-electron chi connectivity index (χ3n) is 5.24. The molecule has 0 spiro atoms. The van der Waals surface area contributed by atoms with Crippen molar-refractivity contribution in [2.24, 2.45) is 0 Å². The molecule has 2 N–H and O–H groups in total. The fraction of sp³-hybridized carbons (Fsp3) is 0.174. The van der Waals surface area contributed by atoms with E-state index in [0.717, 1.165) is 34.6 Å². The molecule has 1 aliphatic heterocycles. The highest BCUT2D eigenvalue weighted by molar-refractivity contribution is 7.92. The molecular formula is C23H19ClF2N2O5S. The van der Waals surface area contributed by atoms with Gasteiger partial charge in [0.1, 0.15) is 23.5 Å². The minimum Gasteiger partial charge on any atom is -0.484 e. The van der Waals surface area contributed by atoms with Gasteiger partial charge in [-0.25, -0.2) is 17.2 Å². The first-order chi connectivity index (χ1) is 16.1. The number of nitrogens with zero attached hydrogens (tertiary/aromatic N) is 1. The number of fused-ring (bicyclic) bond motifs is 1. The predicted molar refractivity (Wildman–Crippen MR) is 123 cm³/mol. The van der Waals surface area contributed by atoms with Gasteiger partial charge >= 0.3 is 0 Å². The third-order valence-corrected chi connectivity index (χ3v) is 7.35. The minimum absolute atomic E-state index is 0.0821. The van der Waals surface area contributed by atoms with E-state index in [1.54, 1.807) is 0 Å². The second-order valence-electron chi connectivity index (χ2n) is 7.62. The van der Waals surface area contributed by atoms with Crippen LogP contribution >= 0.6 is 11.6 Å². The quantitative estimate of drug-likeness (QED) is 0.538. The molecule has 2 atom stereocenters. The van der Waals surface area contributed by atoms with E-state index in [0.29, 0.717) is 0 Å². The van der Waals surface area contributed by atoms with E-state index in [1.807, 2.05) is 0 Å². The van der Waals surface area contributed by atoms with E-state index in [-0.39, 0.29) is 39.2 Å². The molecule has 0 aromatic heterocycles. The topological polar surface area (TPSA) is 95.9 Å². The molecule has 34 heavy (non-hydrogen) atoms. The minimum atomic E-state index is -4.19. The molecule has 4 rings (SSSR count). The van der Waals surface area contributed by atoms with Gasteiger partial charge in [-0.15, -0.1) is 0 Å². The number of amides is 1. The summed E-state index contributed by atoms with van der Waals surface area (Å²) in [6.45, 7) is 1.23. The van der Waals surface area contributed by atoms with Crippen LogP contribution < -0.4 is 14.4 Å². The number of ether oxygens (including phenoxy) is 1. The van der Waals surface area contributed by atoms with Gasteiger partial charge in [-0.2, -0.15) is 0 Å². The van der Waals surface area contributed by atoms with Gasteiger partial charge in [-0.1, -0.05) is 17.7 Å². The molecule has 178 valence electrons. The zero-order chi connectivity index (χ0) is 24.6. The molecule has 7 nitrogen and oxygen atoms in total. The molecule has 0 aliphatic carbocycles. The van der Waals surface area contributed by atoms with Crippen molar-refractivity contribution in [3.05, 3.63) is 82.9 Å². The Hall–Kier alpha value is -3.21. The number of nitrogens with one attached hydrogen (secondary N) is 1. The number of halogens is 3. The van der Waals surface area contributed by atoms with E-state index in [2.05, 4.69) is 5.32 Å². The predicted octanol–water partition coefficient (Wildman–Crippen LogP) is 4.21. The molecule has 3 aromatic rings. The maximum absolute atomic E-state index is 14.1. The number of rotatable bonds is 5. The first kappa shape index (κ1) is 23.9. The van der Waals surface area contributed by atoms with Gasteiger partial charge in [0, 0.05) is 5.69 Å². The monoisotopic (exact) mass is 508 g/mol. The number of aliphatic hydroxyl groups excluding tert-OH is 1. The Morgan fingerprint density at radius 1 is 1.18 bits per heavy atom. The lowest BCUT2D eigenvalue weighted by molar-refractivity contribution is 0.0503. The van der Waals surface area contributed by atoms with Crippen LogP contribution in [0.4, 0.5) is 20.2 Å². The summed E-state index contributed by atoms with van der Waals surface area (Å²) in [5, 5.41) is 12.5. The van der Waals surface area contributed by atoms with Crippen LogP contribution in [0.5, 0.6) is 5.75 Å². The molecule has 3 aromatic carbocycles. The highest BCUT2D eigenvalue weighted by Gasteiger charge is 2.36. The lowest BCUT2D eigenvalue weighted by Gasteiger charge is -2.36. The summed E-state index contributed by atoms with van der Waals surface area (Å²) in [6, 6.07) is 12.3. The third kappa shape index (κ3) is 4.56. The lowest BCUT2D eigenvalue weighted by Crippen LogP contribution is -2.47. The van der Waals surface area contributed by atoms with Gasteiger partial charge in [0.2, 0.25) is 0 Å². The van der Waals surface area contributed by atoms with Crippen LogP contribution in [0.25, 0.3) is 0 Å². The highest BCUT2D eigenvalue weighted by atomic mass is 35.5. The average Bonchev–Trinajstić information content (AvgIpc) is 2.78. The summed E-state index contributed by atoms with van der Waals surface area (Å²) < 4.78 is 61.0. The van der Waals surface area contributed by atoms with Crippen LogP contribution in [0.1, 0.15) is 17.3 Å². The zero-order valence-corrected chi connectivity index (χ0v) is 19.3. The van der Waals surface area contributed by atoms with Crippen LogP contribution in [0, 0.1) is 11.6 Å². The maximum atomic E-state index is 14.1. The number of carbonyl (C=O) groups is 1. The molecule has 1 amide bonds. The largest absolute Gasteiger partial charge is 0.484 e. The maximum Gasteiger partial charge on any atom is 0.264 e. The van der Waals surface area contributed by atoms with E-state index < -0.39 is 39.8 Å². The van der Waals surface area contributed by atoms with Crippen LogP contribution in [0.3, 0.4) is 0 Å². The molecule has 0 saturated carbocycles. The standard InChI is InChI=1S/C23H19ClF2N2O5S/c1-13(29)21-12-28(34(31,32)16-8-5-14(25)6-9-16)19-11-15(7-10-20(19)33-21)27-23(30)22-17(24)3-2-4-18(22)26/h2-11,13,21,29H,12H2,1H3,(H,27,30)/t13-,21-/m1/s1. The zero-order valence-electron chi connectivity index (χ0n) is 17.7. The Morgan fingerprint density at radius 2 is 1.88 bits per heavy atom. The lowest BCUT2D eigenvalue weighted by atomic mass is 10.1. The Labute approximate surface area is 199 Å². The van der Waals surface area contributed by atoms with Gasteiger partial charge < -0.3 is 15.2 Å². The molecule has 0 saturated heterocycles. The van der Waals surface area contributed by atoms with Crippen LogP contribution in [0.2, 0.25) is 5.02 Å². The van der Waals surface area contributed by atoms with Crippen molar-refractivity contribution in [2.45, 2.75) is 24.0 Å². The number of benzene rings is 3. The number of hydrogen-bond acceptors (Lipinski definition) is 5. The number of hydrogen-bond donors (Lipinski definition) is 2. The van der Waals surface area contributed by atoms with E-state index >= 15 is 0 Å². The molecule has 1 aliphatic rings. The van der Waals surface area contributed by atoms with E-state index in [4.69, 9.17) is 16.3 Å². The second-order valence-corrected chi connectivity index (χ2v) is 9.89. The smallest absolute Gasteiger partial charge is 0.264 e. The summed E-state index contributed by atoms with van der Waals surface area (Å²) >= 11 is 5.95. The second kappa shape index (κ2) is 9.21. The molecule has 0 bridgehead atoms. The molecule has 0 unspecified atom stereocenters. The van der Waals surface area contributed by atoms with Gasteiger partial charge in [-0.3, -0.25) is 9.10 Å². The number of aliphatic hydroxyl groups is 1. The first-order valence-electron chi connectivity index (χ1n) is 10.1. The molecule has 11 heteroatoms. The van der Waals surface area contributed by atoms with E-state index in [9.17, 15) is 27.1 Å². The fourth-order valence-corrected chi connectivity index (χ4v) is 5.20. The van der Waals surface area contributed by atoms with Crippen molar-refractivity contribution in [1.29, 1.82) is 0 Å². The van der Waals surface area contributed by atoms with Crippen LogP contribution in [0.15, 0.2) is 65.6 Å². The summed E-state index contributed by atoms with van der Waals surface area (Å²) in [6.07, 6.45) is -1.87. The molecule has 0 radical (unpaired) electrons. The molecule has 1 heterocycles. The van der Waals surface area contributed by atoms with Crippen molar-refractivity contribution >= 4 is 38.9 Å². The van der Waals surface area contributed by atoms with Crippen LogP contribution in [-0.2, 0) is 10.0 Å². The highest BCUT2D eigenvalue weighted by Crippen LogP contribution is 2.39. The number of carbonyl (C=O) groups excluding carboxylic acids is 1. The van der Waals surface area contributed by atoms with E-state index in [1.165, 1.54) is 37.3 Å². The van der Waals surface area contributed by atoms with Crippen molar-refractivity contribution in [3.63, 3.8) is 0 Å². The number of sulfonamides is 1.